The molecule has 5 nitrogen and oxygen atoms in total. The summed E-state index contributed by atoms with van der Waals surface area (Å²) < 4.78 is 0. The van der Waals surface area contributed by atoms with Crippen molar-refractivity contribution in [2.75, 3.05) is 36.8 Å². The summed E-state index contributed by atoms with van der Waals surface area (Å²) in [5, 5.41) is 12.1. The number of carbonyl (C=O) groups is 1. The van der Waals surface area contributed by atoms with E-state index in [4.69, 9.17) is 22.6 Å². The quantitative estimate of drug-likeness (QED) is 0.600. The molecule has 0 radical (unpaired) electrons. The van der Waals surface area contributed by atoms with Gasteiger partial charge in [0.2, 0.25) is 0 Å². The first-order chi connectivity index (χ1) is 14.5. The third-order valence-corrected chi connectivity index (χ3v) is 6.47. The molecule has 2 N–H and O–H groups in total. The molecular formula is C23H21ClN4OS. The van der Waals surface area contributed by atoms with Gasteiger partial charge in [-0.3, -0.25) is 9.69 Å². The minimum absolute atomic E-state index is 0.0587. The van der Waals surface area contributed by atoms with Crippen molar-refractivity contribution in [1.29, 1.82) is 5.26 Å². The minimum atomic E-state index is -0.0587. The highest BCUT2D eigenvalue weighted by Crippen LogP contribution is 2.29. The first-order valence-electron chi connectivity index (χ1n) is 9.68. The number of hydrogen-bond donors (Lipinski definition) is 1. The Bertz CT molecular complexity index is 1080. The van der Waals surface area contributed by atoms with Crippen LogP contribution in [0.3, 0.4) is 0 Å². The van der Waals surface area contributed by atoms with Gasteiger partial charge in [-0.25, -0.2) is 0 Å². The predicted molar refractivity (Wildman–Crippen MR) is 122 cm³/mol. The molecule has 1 aromatic heterocycles. The van der Waals surface area contributed by atoms with Crippen molar-refractivity contribution in [3.05, 3.63) is 81.2 Å². The maximum atomic E-state index is 13.0. The zero-order valence-electron chi connectivity index (χ0n) is 16.3. The molecule has 4 rings (SSSR count). The molecular weight excluding hydrogens is 416 g/mol. The van der Waals surface area contributed by atoms with E-state index in [1.807, 2.05) is 29.6 Å². The number of ketones is 1. The van der Waals surface area contributed by atoms with Gasteiger partial charge < -0.3 is 10.6 Å². The molecule has 3 aromatic rings. The lowest BCUT2D eigenvalue weighted by atomic mass is 10.0. The molecule has 0 saturated carbocycles. The van der Waals surface area contributed by atoms with E-state index in [0.29, 0.717) is 33.3 Å². The highest BCUT2D eigenvalue weighted by molar-refractivity contribution is 7.14. The smallest absolute Gasteiger partial charge is 0.196 e. The summed E-state index contributed by atoms with van der Waals surface area (Å²) in [7, 11) is 0. The number of benzene rings is 2. The number of carbonyl (C=O) groups excluding carboxylic acids is 1. The lowest BCUT2D eigenvalue weighted by molar-refractivity contribution is 0.103. The zero-order valence-corrected chi connectivity index (χ0v) is 17.9. The Morgan fingerprint density at radius 3 is 2.37 bits per heavy atom. The van der Waals surface area contributed by atoms with Crippen LogP contribution in [0.4, 0.5) is 10.7 Å². The van der Waals surface area contributed by atoms with Crippen LogP contribution in [0.5, 0.6) is 0 Å². The number of thiophene rings is 1. The van der Waals surface area contributed by atoms with Crippen molar-refractivity contribution in [3.63, 3.8) is 0 Å². The number of nitriles is 1. The van der Waals surface area contributed by atoms with Gasteiger partial charge in [-0.1, -0.05) is 11.6 Å². The summed E-state index contributed by atoms with van der Waals surface area (Å²) in [6.45, 7) is 4.27. The number of halogens is 1. The van der Waals surface area contributed by atoms with Crippen LogP contribution in [0.15, 0.2) is 53.9 Å². The van der Waals surface area contributed by atoms with Crippen molar-refractivity contribution in [1.82, 2.24) is 4.90 Å². The number of nitrogens with zero attached hydrogens (tertiary/aromatic N) is 3. The molecule has 0 bridgehead atoms. The molecule has 1 fully saturated rings. The molecule has 1 aliphatic heterocycles. The van der Waals surface area contributed by atoms with Crippen molar-refractivity contribution in [2.24, 2.45) is 0 Å². The number of rotatable bonds is 5. The van der Waals surface area contributed by atoms with E-state index < -0.39 is 0 Å². The molecule has 0 amide bonds. The fourth-order valence-corrected chi connectivity index (χ4v) is 4.61. The first kappa shape index (κ1) is 20.4. The Morgan fingerprint density at radius 2 is 1.73 bits per heavy atom. The van der Waals surface area contributed by atoms with Crippen molar-refractivity contribution in [2.45, 2.75) is 6.54 Å². The molecule has 1 saturated heterocycles. The van der Waals surface area contributed by atoms with E-state index in [-0.39, 0.29) is 5.78 Å². The van der Waals surface area contributed by atoms with Crippen LogP contribution in [0.1, 0.15) is 27.0 Å². The van der Waals surface area contributed by atoms with Gasteiger partial charge in [-0.2, -0.15) is 5.26 Å². The molecule has 0 aliphatic carbocycles. The van der Waals surface area contributed by atoms with Gasteiger partial charge in [-0.05, 0) is 59.5 Å². The van der Waals surface area contributed by atoms with E-state index in [1.54, 1.807) is 24.3 Å². The monoisotopic (exact) mass is 436 g/mol. The van der Waals surface area contributed by atoms with Crippen LogP contribution >= 0.6 is 22.9 Å². The molecule has 30 heavy (non-hydrogen) atoms. The first-order valence-corrected chi connectivity index (χ1v) is 10.9. The highest BCUT2D eigenvalue weighted by atomic mass is 35.5. The minimum Gasteiger partial charge on any atom is -0.390 e. The number of nitrogen functional groups attached to an aromatic ring is 1. The van der Waals surface area contributed by atoms with Crippen LogP contribution in [-0.2, 0) is 6.54 Å². The molecule has 7 heteroatoms. The van der Waals surface area contributed by atoms with Crippen molar-refractivity contribution >= 4 is 39.4 Å². The van der Waals surface area contributed by atoms with Crippen LogP contribution in [0, 0.1) is 11.3 Å². The topological polar surface area (TPSA) is 73.4 Å². The Labute approximate surface area is 184 Å². The average molecular weight is 437 g/mol. The summed E-state index contributed by atoms with van der Waals surface area (Å²) in [5.41, 5.74) is 10.1. The highest BCUT2D eigenvalue weighted by Gasteiger charge is 2.23. The molecule has 2 heterocycles. The normalized spacial score (nSPS) is 14.5. The lowest BCUT2D eigenvalue weighted by Crippen LogP contribution is -2.46. The van der Waals surface area contributed by atoms with Crippen molar-refractivity contribution in [3.8, 4) is 6.07 Å². The number of piperazine rings is 1. The zero-order chi connectivity index (χ0) is 21.1. The second-order valence-corrected chi connectivity index (χ2v) is 8.61. The number of anilines is 2. The largest absolute Gasteiger partial charge is 0.390 e. The summed E-state index contributed by atoms with van der Waals surface area (Å²) in [6, 6.07) is 16.8. The fraction of sp³-hybridized carbons (Fsp3) is 0.217. The standard InChI is InChI=1S/C23H21ClN4OS/c24-19-5-3-17(4-6-19)22(29)21-18(15-30-23(21)26)14-27-9-11-28(12-10-27)20-7-1-16(13-25)2-8-20/h1-8,15H,9-12,14,26H2. The SMILES string of the molecule is N#Cc1ccc(N2CCN(Cc3csc(N)c3C(=O)c3ccc(Cl)cc3)CC2)cc1. The van der Waals surface area contributed by atoms with Crippen LogP contribution in [-0.4, -0.2) is 36.9 Å². The van der Waals surface area contributed by atoms with Gasteiger partial charge in [-0.15, -0.1) is 11.3 Å². The van der Waals surface area contributed by atoms with E-state index in [1.165, 1.54) is 11.3 Å². The maximum Gasteiger partial charge on any atom is 0.196 e. The summed E-state index contributed by atoms with van der Waals surface area (Å²) in [6.07, 6.45) is 0. The lowest BCUT2D eigenvalue weighted by Gasteiger charge is -2.36. The Hall–Kier alpha value is -2.85. The van der Waals surface area contributed by atoms with Crippen LogP contribution < -0.4 is 10.6 Å². The summed E-state index contributed by atoms with van der Waals surface area (Å²) in [5.74, 6) is -0.0587. The van der Waals surface area contributed by atoms with Crippen molar-refractivity contribution < 1.29 is 4.79 Å². The molecule has 1 aliphatic rings. The maximum absolute atomic E-state index is 13.0. The van der Waals surface area contributed by atoms with Gasteiger partial charge in [0.05, 0.1) is 22.2 Å². The van der Waals surface area contributed by atoms with Gasteiger partial charge in [0, 0.05) is 49.0 Å². The molecule has 0 spiro atoms. The van der Waals surface area contributed by atoms with E-state index in [2.05, 4.69) is 15.9 Å². The van der Waals surface area contributed by atoms with E-state index >= 15 is 0 Å². The predicted octanol–water partition coefficient (Wildman–Crippen LogP) is 4.41. The Balaban J connectivity index is 1.43. The summed E-state index contributed by atoms with van der Waals surface area (Å²) >= 11 is 7.36. The second-order valence-electron chi connectivity index (χ2n) is 7.26. The third-order valence-electron chi connectivity index (χ3n) is 5.36. The van der Waals surface area contributed by atoms with Crippen LogP contribution in [0.25, 0.3) is 0 Å². The van der Waals surface area contributed by atoms with Gasteiger partial charge in [0.1, 0.15) is 0 Å². The number of hydrogen-bond acceptors (Lipinski definition) is 6. The Kier molecular flexibility index (Phi) is 6.05. The summed E-state index contributed by atoms with van der Waals surface area (Å²) in [4.78, 5) is 17.7. The van der Waals surface area contributed by atoms with Gasteiger partial charge >= 0.3 is 0 Å². The Morgan fingerprint density at radius 1 is 1.07 bits per heavy atom. The molecule has 0 atom stereocenters. The average Bonchev–Trinajstić information content (AvgIpc) is 3.14. The van der Waals surface area contributed by atoms with Gasteiger partial charge in [0.25, 0.3) is 0 Å². The molecule has 0 unspecified atom stereocenters. The second kappa shape index (κ2) is 8.88. The van der Waals surface area contributed by atoms with Gasteiger partial charge in [0.15, 0.2) is 5.78 Å². The van der Waals surface area contributed by atoms with E-state index in [0.717, 1.165) is 37.4 Å². The van der Waals surface area contributed by atoms with E-state index in [9.17, 15) is 4.79 Å². The fourth-order valence-electron chi connectivity index (χ4n) is 3.68. The number of nitrogens with two attached hydrogens (primary N) is 1. The molecule has 2 aromatic carbocycles. The molecule has 152 valence electrons. The van der Waals surface area contributed by atoms with Crippen LogP contribution in [0.2, 0.25) is 5.02 Å². The third kappa shape index (κ3) is 4.34.